The van der Waals surface area contributed by atoms with Crippen LogP contribution in [-0.2, 0) is 15.8 Å². The molecule has 0 aliphatic carbocycles. The van der Waals surface area contributed by atoms with Gasteiger partial charge in [0.1, 0.15) is 0 Å². The lowest BCUT2D eigenvalue weighted by atomic mass is 10.0. The molecule has 23 heavy (non-hydrogen) atoms. The molecule has 0 radical (unpaired) electrons. The third-order valence-electron chi connectivity index (χ3n) is 4.49. The van der Waals surface area contributed by atoms with Crippen LogP contribution in [0.25, 0.3) is 0 Å². The molecule has 1 aliphatic heterocycles. The Balaban J connectivity index is 1.92. The van der Waals surface area contributed by atoms with Crippen LogP contribution in [0.1, 0.15) is 19.4 Å². The lowest BCUT2D eigenvalue weighted by Gasteiger charge is -2.39. The van der Waals surface area contributed by atoms with Crippen molar-refractivity contribution in [3.05, 3.63) is 35.9 Å². The minimum atomic E-state index is -3.30. The SMILES string of the molecule is CC(C)C(CNS(=O)(=O)Cc1ccccc1)N1CCN(C)CC1. The topological polar surface area (TPSA) is 52.7 Å². The number of hydrogen-bond acceptors (Lipinski definition) is 4. The molecule has 0 spiro atoms. The fraction of sp³-hybridized carbons (Fsp3) is 0.647. The molecule has 1 unspecified atom stereocenters. The molecule has 1 aromatic rings. The van der Waals surface area contributed by atoms with Gasteiger partial charge < -0.3 is 4.90 Å². The first-order valence-corrected chi connectivity index (χ1v) is 9.96. The molecule has 1 fully saturated rings. The summed E-state index contributed by atoms with van der Waals surface area (Å²) in [6.07, 6.45) is 0. The average molecular weight is 340 g/mol. The van der Waals surface area contributed by atoms with Crippen molar-refractivity contribution in [2.24, 2.45) is 5.92 Å². The Labute approximate surface area is 140 Å². The average Bonchev–Trinajstić information content (AvgIpc) is 2.49. The fourth-order valence-electron chi connectivity index (χ4n) is 3.00. The van der Waals surface area contributed by atoms with Crippen LogP contribution in [0.15, 0.2) is 30.3 Å². The molecular weight excluding hydrogens is 310 g/mol. The maximum Gasteiger partial charge on any atom is 0.215 e. The lowest BCUT2D eigenvalue weighted by molar-refractivity contribution is 0.0905. The number of rotatable bonds is 7. The van der Waals surface area contributed by atoms with E-state index in [1.165, 1.54) is 0 Å². The molecular formula is C17H29N3O2S. The summed E-state index contributed by atoms with van der Waals surface area (Å²) in [6, 6.07) is 9.57. The summed E-state index contributed by atoms with van der Waals surface area (Å²) in [5.41, 5.74) is 0.820. The minimum Gasteiger partial charge on any atom is -0.304 e. The third-order valence-corrected chi connectivity index (χ3v) is 5.81. The zero-order valence-electron chi connectivity index (χ0n) is 14.4. The molecule has 0 amide bonds. The van der Waals surface area contributed by atoms with E-state index in [0.717, 1.165) is 31.7 Å². The van der Waals surface area contributed by atoms with Crippen molar-refractivity contribution < 1.29 is 8.42 Å². The molecule has 1 heterocycles. The van der Waals surface area contributed by atoms with E-state index in [2.05, 4.69) is 35.4 Å². The molecule has 1 atom stereocenters. The molecule has 2 rings (SSSR count). The van der Waals surface area contributed by atoms with Gasteiger partial charge >= 0.3 is 0 Å². The molecule has 6 heteroatoms. The number of nitrogens with one attached hydrogen (secondary N) is 1. The van der Waals surface area contributed by atoms with Crippen LogP contribution in [0.2, 0.25) is 0 Å². The van der Waals surface area contributed by atoms with E-state index in [4.69, 9.17) is 0 Å². The summed E-state index contributed by atoms with van der Waals surface area (Å²) in [7, 11) is -1.17. The zero-order valence-corrected chi connectivity index (χ0v) is 15.2. The van der Waals surface area contributed by atoms with Gasteiger partial charge in [0.05, 0.1) is 5.75 Å². The van der Waals surface area contributed by atoms with Crippen LogP contribution >= 0.6 is 0 Å². The number of hydrogen-bond donors (Lipinski definition) is 1. The first kappa shape index (κ1) is 18.4. The van der Waals surface area contributed by atoms with E-state index >= 15 is 0 Å². The van der Waals surface area contributed by atoms with Crippen LogP contribution < -0.4 is 4.72 Å². The van der Waals surface area contributed by atoms with Crippen molar-refractivity contribution in [2.45, 2.75) is 25.6 Å². The van der Waals surface area contributed by atoms with E-state index in [9.17, 15) is 8.42 Å². The van der Waals surface area contributed by atoms with Crippen LogP contribution in [0.5, 0.6) is 0 Å². The van der Waals surface area contributed by atoms with Gasteiger partial charge in [-0.15, -0.1) is 0 Å². The van der Waals surface area contributed by atoms with Gasteiger partial charge in [0.25, 0.3) is 0 Å². The number of benzene rings is 1. The van der Waals surface area contributed by atoms with E-state index in [-0.39, 0.29) is 11.8 Å². The number of likely N-dealkylation sites (N-methyl/N-ethyl adjacent to an activating group) is 1. The van der Waals surface area contributed by atoms with Gasteiger partial charge in [0, 0.05) is 38.8 Å². The molecule has 0 aromatic heterocycles. The second-order valence-electron chi connectivity index (χ2n) is 6.74. The highest BCUT2D eigenvalue weighted by Gasteiger charge is 2.26. The summed E-state index contributed by atoms with van der Waals surface area (Å²) in [6.45, 7) is 8.89. The smallest absolute Gasteiger partial charge is 0.215 e. The molecule has 1 aromatic carbocycles. The highest BCUT2D eigenvalue weighted by atomic mass is 32.2. The van der Waals surface area contributed by atoms with Gasteiger partial charge in [-0.05, 0) is 18.5 Å². The highest BCUT2D eigenvalue weighted by Crippen LogP contribution is 2.14. The molecule has 1 saturated heterocycles. The summed E-state index contributed by atoms with van der Waals surface area (Å²) in [5, 5.41) is 0. The maximum absolute atomic E-state index is 12.3. The summed E-state index contributed by atoms with van der Waals surface area (Å²) < 4.78 is 27.5. The third kappa shape index (κ3) is 5.88. The molecule has 0 saturated carbocycles. The van der Waals surface area contributed by atoms with Gasteiger partial charge in [-0.3, -0.25) is 4.90 Å². The van der Waals surface area contributed by atoms with Gasteiger partial charge in [-0.1, -0.05) is 44.2 Å². The molecule has 130 valence electrons. The molecule has 1 N–H and O–H groups in total. The first-order chi connectivity index (χ1) is 10.9. The van der Waals surface area contributed by atoms with Crippen molar-refractivity contribution in [1.29, 1.82) is 0 Å². The zero-order chi connectivity index (χ0) is 16.9. The van der Waals surface area contributed by atoms with E-state index in [0.29, 0.717) is 12.5 Å². The van der Waals surface area contributed by atoms with Gasteiger partial charge in [0.2, 0.25) is 10.0 Å². The van der Waals surface area contributed by atoms with Crippen LogP contribution in [0, 0.1) is 5.92 Å². The summed E-state index contributed by atoms with van der Waals surface area (Å²) in [4.78, 5) is 4.73. The van der Waals surface area contributed by atoms with Crippen LogP contribution in [0.3, 0.4) is 0 Å². The normalized spacial score (nSPS) is 19.1. The van der Waals surface area contributed by atoms with Gasteiger partial charge in [0.15, 0.2) is 0 Å². The number of piperazine rings is 1. The Kier molecular flexibility index (Phi) is 6.59. The predicted octanol–water partition coefficient (Wildman–Crippen LogP) is 1.38. The van der Waals surface area contributed by atoms with Crippen molar-refractivity contribution in [3.63, 3.8) is 0 Å². The highest BCUT2D eigenvalue weighted by molar-refractivity contribution is 7.88. The van der Waals surface area contributed by atoms with Crippen LogP contribution in [0.4, 0.5) is 0 Å². The van der Waals surface area contributed by atoms with Crippen molar-refractivity contribution in [2.75, 3.05) is 39.8 Å². The van der Waals surface area contributed by atoms with Crippen molar-refractivity contribution >= 4 is 10.0 Å². The predicted molar refractivity (Wildman–Crippen MR) is 94.8 cm³/mol. The van der Waals surface area contributed by atoms with Gasteiger partial charge in [-0.2, -0.15) is 0 Å². The Hall–Kier alpha value is -0.950. The minimum absolute atomic E-state index is 0.0430. The van der Waals surface area contributed by atoms with Crippen LogP contribution in [-0.4, -0.2) is 64.0 Å². The molecule has 0 bridgehead atoms. The maximum atomic E-state index is 12.3. The standard InChI is InChI=1S/C17H29N3O2S/c1-15(2)17(20-11-9-19(3)10-12-20)13-18-23(21,22)14-16-7-5-4-6-8-16/h4-8,15,17-18H,9-14H2,1-3H3. The first-order valence-electron chi connectivity index (χ1n) is 8.31. The summed E-state index contributed by atoms with van der Waals surface area (Å²) >= 11 is 0. The van der Waals surface area contributed by atoms with Crippen molar-refractivity contribution in [3.8, 4) is 0 Å². The second kappa shape index (κ2) is 8.24. The fourth-order valence-corrected chi connectivity index (χ4v) is 4.16. The van der Waals surface area contributed by atoms with Gasteiger partial charge in [-0.25, -0.2) is 13.1 Å². The Morgan fingerprint density at radius 2 is 1.70 bits per heavy atom. The van der Waals surface area contributed by atoms with Crippen molar-refractivity contribution in [1.82, 2.24) is 14.5 Å². The summed E-state index contributed by atoms with van der Waals surface area (Å²) in [5.74, 6) is 0.458. The molecule has 1 aliphatic rings. The second-order valence-corrected chi connectivity index (χ2v) is 8.55. The quantitative estimate of drug-likeness (QED) is 0.815. The van der Waals surface area contributed by atoms with E-state index in [1.54, 1.807) is 0 Å². The monoisotopic (exact) mass is 339 g/mol. The Bertz CT molecular complexity index is 567. The Morgan fingerprint density at radius 3 is 2.26 bits per heavy atom. The lowest BCUT2D eigenvalue weighted by Crippen LogP contribution is -2.54. The van der Waals surface area contributed by atoms with E-state index in [1.807, 2.05) is 30.3 Å². The number of nitrogens with zero attached hydrogens (tertiary/aromatic N) is 2. The largest absolute Gasteiger partial charge is 0.304 e. The van der Waals surface area contributed by atoms with E-state index < -0.39 is 10.0 Å². The Morgan fingerprint density at radius 1 is 1.09 bits per heavy atom. The molecule has 5 nitrogen and oxygen atoms in total. The number of sulfonamides is 1.